The summed E-state index contributed by atoms with van der Waals surface area (Å²) in [5, 5.41) is 0. The predicted molar refractivity (Wildman–Crippen MR) is 65.6 cm³/mol. The Balaban J connectivity index is 2.39. The largest absolute Gasteiger partial charge is 0.330 e. The van der Waals surface area contributed by atoms with E-state index in [2.05, 4.69) is 0 Å². The lowest BCUT2D eigenvalue weighted by Crippen LogP contribution is -2.50. The van der Waals surface area contributed by atoms with Gasteiger partial charge in [-0.05, 0) is 18.7 Å². The van der Waals surface area contributed by atoms with Crippen LogP contribution in [0.3, 0.4) is 0 Å². The molecule has 1 aliphatic heterocycles. The molecule has 0 saturated carbocycles. The third-order valence-corrected chi connectivity index (χ3v) is 3.92. The lowest BCUT2D eigenvalue weighted by atomic mass is 10.1. The van der Waals surface area contributed by atoms with Crippen molar-refractivity contribution in [2.24, 2.45) is 5.73 Å². The molecule has 0 spiro atoms. The van der Waals surface area contributed by atoms with Gasteiger partial charge in [0.25, 0.3) is 0 Å². The molecule has 1 aliphatic rings. The van der Waals surface area contributed by atoms with Gasteiger partial charge in [-0.3, -0.25) is 4.48 Å². The van der Waals surface area contributed by atoms with Crippen molar-refractivity contribution in [3.05, 3.63) is 29.8 Å². The van der Waals surface area contributed by atoms with Crippen LogP contribution in [0.1, 0.15) is 19.3 Å². The van der Waals surface area contributed by atoms with E-state index in [9.17, 15) is 8.78 Å². The minimum absolute atomic E-state index is 0.302. The Morgan fingerprint density at radius 2 is 2.18 bits per heavy atom. The summed E-state index contributed by atoms with van der Waals surface area (Å²) in [7, 11) is 1.98. The molecule has 17 heavy (non-hydrogen) atoms. The zero-order chi connectivity index (χ0) is 12.5. The normalized spacial score (nSPS) is 28.6. The van der Waals surface area contributed by atoms with E-state index in [1.54, 1.807) is 0 Å². The van der Waals surface area contributed by atoms with E-state index in [0.717, 1.165) is 25.8 Å². The highest BCUT2D eigenvalue weighted by Crippen LogP contribution is 2.36. The SMILES string of the molecule is C[N+]1(c2cc(F)ccc2F)CCCC1CCN. The average Bonchev–Trinajstić information content (AvgIpc) is 2.66. The highest BCUT2D eigenvalue weighted by molar-refractivity contribution is 5.45. The van der Waals surface area contributed by atoms with E-state index in [4.69, 9.17) is 5.73 Å². The highest BCUT2D eigenvalue weighted by Gasteiger charge is 2.41. The Kier molecular flexibility index (Phi) is 3.45. The number of rotatable bonds is 3. The second-order valence-corrected chi connectivity index (χ2v) is 4.96. The number of nitrogens with two attached hydrogens (primary N) is 1. The molecule has 0 bridgehead atoms. The van der Waals surface area contributed by atoms with E-state index in [1.165, 1.54) is 18.2 Å². The maximum Gasteiger partial charge on any atom is 0.184 e. The van der Waals surface area contributed by atoms with Gasteiger partial charge in [0.1, 0.15) is 5.82 Å². The molecule has 0 radical (unpaired) electrons. The molecule has 0 aliphatic carbocycles. The van der Waals surface area contributed by atoms with Crippen molar-refractivity contribution in [3.63, 3.8) is 0 Å². The van der Waals surface area contributed by atoms with Crippen molar-refractivity contribution >= 4 is 5.69 Å². The molecule has 1 aromatic carbocycles. The van der Waals surface area contributed by atoms with Crippen molar-refractivity contribution in [2.45, 2.75) is 25.3 Å². The summed E-state index contributed by atoms with van der Waals surface area (Å²) >= 11 is 0. The molecule has 1 heterocycles. The first-order valence-corrected chi connectivity index (χ1v) is 6.09. The van der Waals surface area contributed by atoms with Gasteiger partial charge < -0.3 is 5.73 Å². The number of likely N-dealkylation sites (tertiary alicyclic amines) is 1. The van der Waals surface area contributed by atoms with Gasteiger partial charge in [-0.2, -0.15) is 0 Å². The summed E-state index contributed by atoms with van der Waals surface area (Å²) in [5.74, 6) is -0.697. The molecule has 2 rings (SSSR count). The summed E-state index contributed by atoms with van der Waals surface area (Å²) in [5.41, 5.74) is 6.06. The monoisotopic (exact) mass is 241 g/mol. The van der Waals surface area contributed by atoms with E-state index < -0.39 is 0 Å². The fourth-order valence-corrected chi connectivity index (χ4v) is 2.94. The molecule has 0 aromatic heterocycles. The Bertz CT molecular complexity index is 408. The number of benzene rings is 1. The van der Waals surface area contributed by atoms with Crippen molar-refractivity contribution in [1.29, 1.82) is 0 Å². The maximum atomic E-state index is 13.9. The van der Waals surface area contributed by atoms with Gasteiger partial charge in [0.15, 0.2) is 11.5 Å². The lowest BCUT2D eigenvalue weighted by molar-refractivity contribution is 0.286. The fraction of sp³-hybridized carbons (Fsp3) is 0.538. The van der Waals surface area contributed by atoms with Crippen molar-refractivity contribution in [3.8, 4) is 0 Å². The smallest absolute Gasteiger partial charge is 0.184 e. The second kappa shape index (κ2) is 4.70. The Morgan fingerprint density at radius 3 is 2.88 bits per heavy atom. The zero-order valence-electron chi connectivity index (χ0n) is 10.1. The van der Waals surface area contributed by atoms with E-state index in [1.807, 2.05) is 7.05 Å². The summed E-state index contributed by atoms with van der Waals surface area (Å²) in [6.45, 7) is 1.44. The molecule has 4 heteroatoms. The van der Waals surface area contributed by atoms with Gasteiger partial charge in [-0.1, -0.05) is 0 Å². The van der Waals surface area contributed by atoms with Gasteiger partial charge >= 0.3 is 0 Å². The van der Waals surface area contributed by atoms with Crippen LogP contribution in [0.5, 0.6) is 0 Å². The van der Waals surface area contributed by atoms with Crippen LogP contribution in [-0.2, 0) is 0 Å². The molecule has 2 unspecified atom stereocenters. The maximum absolute atomic E-state index is 13.9. The van der Waals surface area contributed by atoms with Crippen molar-refractivity contribution < 1.29 is 8.78 Å². The molecular weight excluding hydrogens is 222 g/mol. The number of halogens is 2. The summed E-state index contributed by atoms with van der Waals surface area (Å²) in [4.78, 5) is 0. The third-order valence-electron chi connectivity index (χ3n) is 3.92. The molecule has 1 aromatic rings. The number of hydrogen-bond donors (Lipinski definition) is 1. The topological polar surface area (TPSA) is 26.0 Å². The van der Waals surface area contributed by atoms with Crippen LogP contribution in [0.15, 0.2) is 18.2 Å². The van der Waals surface area contributed by atoms with Gasteiger partial charge in [0, 0.05) is 25.3 Å². The molecule has 94 valence electrons. The van der Waals surface area contributed by atoms with Crippen LogP contribution in [0.4, 0.5) is 14.5 Å². The summed E-state index contributed by atoms with van der Waals surface area (Å²) < 4.78 is 27.6. The van der Waals surface area contributed by atoms with Gasteiger partial charge in [0.2, 0.25) is 0 Å². The van der Waals surface area contributed by atoms with Crippen LogP contribution >= 0.6 is 0 Å². The minimum atomic E-state index is -0.376. The summed E-state index contributed by atoms with van der Waals surface area (Å²) in [6, 6.07) is 4.01. The molecule has 2 N–H and O–H groups in total. The van der Waals surface area contributed by atoms with Crippen molar-refractivity contribution in [1.82, 2.24) is 4.48 Å². The number of hydrogen-bond acceptors (Lipinski definition) is 1. The predicted octanol–water partition coefficient (Wildman–Crippen LogP) is 2.41. The number of nitrogens with zero attached hydrogens (tertiary/aromatic N) is 1. The lowest BCUT2D eigenvalue weighted by Gasteiger charge is -2.35. The molecule has 2 nitrogen and oxygen atoms in total. The second-order valence-electron chi connectivity index (χ2n) is 4.96. The Labute approximate surface area is 101 Å². The van der Waals surface area contributed by atoms with Crippen molar-refractivity contribution in [2.75, 3.05) is 20.1 Å². The van der Waals surface area contributed by atoms with E-state index in [-0.39, 0.29) is 11.6 Å². The molecule has 1 fully saturated rings. The first-order chi connectivity index (χ1) is 8.08. The average molecular weight is 241 g/mol. The van der Waals surface area contributed by atoms with Crippen LogP contribution in [-0.4, -0.2) is 26.2 Å². The van der Waals surface area contributed by atoms with E-state index >= 15 is 0 Å². The third kappa shape index (κ3) is 2.19. The number of quaternary nitrogens is 1. The van der Waals surface area contributed by atoms with Crippen LogP contribution in [0, 0.1) is 11.6 Å². The van der Waals surface area contributed by atoms with Crippen LogP contribution < -0.4 is 10.2 Å². The summed E-state index contributed by atoms with van der Waals surface area (Å²) in [6.07, 6.45) is 2.92. The quantitative estimate of drug-likeness (QED) is 0.808. The Morgan fingerprint density at radius 1 is 1.41 bits per heavy atom. The van der Waals surface area contributed by atoms with Gasteiger partial charge in [-0.15, -0.1) is 0 Å². The first-order valence-electron chi connectivity index (χ1n) is 6.09. The molecule has 1 saturated heterocycles. The Hall–Kier alpha value is -1.00. The van der Waals surface area contributed by atoms with Crippen LogP contribution in [0.2, 0.25) is 0 Å². The minimum Gasteiger partial charge on any atom is -0.330 e. The highest BCUT2D eigenvalue weighted by atomic mass is 19.1. The standard InChI is InChI=1S/C13H19F2N2/c1-17(8-2-3-11(17)6-7-16)13-9-10(14)4-5-12(13)15/h4-5,9,11H,2-3,6-8,16H2,1H3/q+1. The molecular formula is C13H19F2N2+. The van der Waals surface area contributed by atoms with Gasteiger partial charge in [-0.25, -0.2) is 8.78 Å². The first kappa shape index (κ1) is 12.5. The molecule has 0 amide bonds. The zero-order valence-corrected chi connectivity index (χ0v) is 10.1. The fourth-order valence-electron chi connectivity index (χ4n) is 2.94. The van der Waals surface area contributed by atoms with E-state index in [0.29, 0.717) is 22.8 Å². The van der Waals surface area contributed by atoms with Crippen LogP contribution in [0.25, 0.3) is 0 Å². The van der Waals surface area contributed by atoms with Gasteiger partial charge in [0.05, 0.1) is 19.6 Å². The molecule has 2 atom stereocenters.